The summed E-state index contributed by atoms with van der Waals surface area (Å²) in [6.45, 7) is 7.94. The van der Waals surface area contributed by atoms with Gasteiger partial charge in [0.1, 0.15) is 0 Å². The number of benzene rings is 1. The molecule has 18 heavy (non-hydrogen) atoms. The standard InChI is InChI=1S/C16H26N2/c1-16(2,3)13-9-7-12(8-10-13)15(17-4)14-6-5-11-18-14/h7-10,14-15,17-18H,5-6,11H2,1-4H3. The van der Waals surface area contributed by atoms with Gasteiger partial charge in [0.15, 0.2) is 0 Å². The fourth-order valence-corrected chi connectivity index (χ4v) is 2.79. The van der Waals surface area contributed by atoms with E-state index in [1.165, 1.54) is 24.0 Å². The Balaban J connectivity index is 2.16. The molecule has 2 N–H and O–H groups in total. The van der Waals surface area contributed by atoms with E-state index in [4.69, 9.17) is 0 Å². The van der Waals surface area contributed by atoms with Crippen molar-refractivity contribution in [2.24, 2.45) is 0 Å². The van der Waals surface area contributed by atoms with Crippen LogP contribution >= 0.6 is 0 Å². The van der Waals surface area contributed by atoms with E-state index in [2.05, 4.69) is 62.7 Å². The molecule has 1 heterocycles. The van der Waals surface area contributed by atoms with Gasteiger partial charge < -0.3 is 10.6 Å². The Kier molecular flexibility index (Phi) is 4.08. The first-order chi connectivity index (χ1) is 8.52. The van der Waals surface area contributed by atoms with Gasteiger partial charge in [-0.2, -0.15) is 0 Å². The molecular formula is C16H26N2. The third-order valence-electron chi connectivity index (χ3n) is 3.95. The van der Waals surface area contributed by atoms with E-state index in [-0.39, 0.29) is 5.41 Å². The van der Waals surface area contributed by atoms with Crippen molar-refractivity contribution in [3.63, 3.8) is 0 Å². The summed E-state index contributed by atoms with van der Waals surface area (Å²) >= 11 is 0. The summed E-state index contributed by atoms with van der Waals surface area (Å²) in [6, 6.07) is 10.1. The van der Waals surface area contributed by atoms with Crippen molar-refractivity contribution in [3.05, 3.63) is 35.4 Å². The molecule has 2 nitrogen and oxygen atoms in total. The third-order valence-corrected chi connectivity index (χ3v) is 3.95. The van der Waals surface area contributed by atoms with E-state index in [9.17, 15) is 0 Å². The average molecular weight is 246 g/mol. The minimum Gasteiger partial charge on any atom is -0.312 e. The summed E-state index contributed by atoms with van der Waals surface area (Å²) in [7, 11) is 2.06. The Morgan fingerprint density at radius 3 is 2.33 bits per heavy atom. The molecule has 0 radical (unpaired) electrons. The highest BCUT2D eigenvalue weighted by Gasteiger charge is 2.24. The monoisotopic (exact) mass is 246 g/mol. The Bertz CT molecular complexity index is 369. The van der Waals surface area contributed by atoms with Gasteiger partial charge in [-0.05, 0) is 43.0 Å². The van der Waals surface area contributed by atoms with Crippen molar-refractivity contribution in [2.45, 2.75) is 51.1 Å². The molecule has 0 saturated carbocycles. The highest BCUT2D eigenvalue weighted by Crippen LogP contribution is 2.26. The second kappa shape index (κ2) is 5.41. The molecule has 1 fully saturated rings. The molecule has 0 spiro atoms. The van der Waals surface area contributed by atoms with Crippen LogP contribution in [0.1, 0.15) is 50.8 Å². The molecule has 1 aliphatic heterocycles. The van der Waals surface area contributed by atoms with E-state index in [0.29, 0.717) is 12.1 Å². The quantitative estimate of drug-likeness (QED) is 0.857. The second-order valence-electron chi connectivity index (χ2n) is 6.34. The minimum atomic E-state index is 0.235. The molecule has 1 saturated heterocycles. The number of rotatable bonds is 3. The third kappa shape index (κ3) is 2.93. The Hall–Kier alpha value is -0.860. The van der Waals surface area contributed by atoms with Crippen LogP contribution in [0.5, 0.6) is 0 Å². The molecule has 2 rings (SSSR count). The van der Waals surface area contributed by atoms with Gasteiger partial charge >= 0.3 is 0 Å². The van der Waals surface area contributed by atoms with E-state index in [1.54, 1.807) is 0 Å². The van der Waals surface area contributed by atoms with Gasteiger partial charge in [-0.15, -0.1) is 0 Å². The lowest BCUT2D eigenvalue weighted by molar-refractivity contribution is 0.440. The first-order valence-electron chi connectivity index (χ1n) is 7.03. The van der Waals surface area contributed by atoms with Crippen LogP contribution in [0.25, 0.3) is 0 Å². The lowest BCUT2D eigenvalue weighted by atomic mass is 9.85. The summed E-state index contributed by atoms with van der Waals surface area (Å²) in [5.74, 6) is 0. The van der Waals surface area contributed by atoms with Crippen molar-refractivity contribution in [1.29, 1.82) is 0 Å². The molecule has 2 heteroatoms. The average Bonchev–Trinajstić information content (AvgIpc) is 2.83. The van der Waals surface area contributed by atoms with Crippen LogP contribution in [-0.4, -0.2) is 19.6 Å². The molecule has 0 bridgehead atoms. The van der Waals surface area contributed by atoms with E-state index >= 15 is 0 Å². The van der Waals surface area contributed by atoms with Crippen molar-refractivity contribution >= 4 is 0 Å². The Morgan fingerprint density at radius 2 is 1.89 bits per heavy atom. The van der Waals surface area contributed by atoms with Crippen molar-refractivity contribution < 1.29 is 0 Å². The normalized spacial score (nSPS) is 22.1. The molecule has 0 amide bonds. The smallest absolute Gasteiger partial charge is 0.0473 e. The maximum Gasteiger partial charge on any atom is 0.0473 e. The summed E-state index contributed by atoms with van der Waals surface area (Å²) in [5.41, 5.74) is 3.03. The molecule has 0 aliphatic carbocycles. The number of hydrogen-bond donors (Lipinski definition) is 2. The van der Waals surface area contributed by atoms with E-state index in [1.807, 2.05) is 0 Å². The van der Waals surface area contributed by atoms with Crippen LogP contribution in [0.15, 0.2) is 24.3 Å². The van der Waals surface area contributed by atoms with E-state index in [0.717, 1.165) is 6.54 Å². The molecule has 1 aromatic rings. The van der Waals surface area contributed by atoms with Gasteiger partial charge in [0.25, 0.3) is 0 Å². The van der Waals surface area contributed by atoms with Crippen LogP contribution < -0.4 is 10.6 Å². The maximum atomic E-state index is 3.59. The van der Waals surface area contributed by atoms with Crippen molar-refractivity contribution in [3.8, 4) is 0 Å². The largest absolute Gasteiger partial charge is 0.312 e. The highest BCUT2D eigenvalue weighted by atomic mass is 15.0. The van der Waals surface area contributed by atoms with Crippen LogP contribution in [0.3, 0.4) is 0 Å². The molecule has 1 aliphatic rings. The molecule has 2 atom stereocenters. The molecule has 1 aromatic carbocycles. The minimum absolute atomic E-state index is 0.235. The predicted molar refractivity (Wildman–Crippen MR) is 78.0 cm³/mol. The highest BCUT2D eigenvalue weighted by molar-refractivity contribution is 5.30. The summed E-state index contributed by atoms with van der Waals surface area (Å²) in [4.78, 5) is 0. The predicted octanol–water partition coefficient (Wildman–Crippen LogP) is 3.00. The van der Waals surface area contributed by atoms with Crippen molar-refractivity contribution in [2.75, 3.05) is 13.6 Å². The van der Waals surface area contributed by atoms with Gasteiger partial charge in [-0.1, -0.05) is 45.0 Å². The summed E-state index contributed by atoms with van der Waals surface area (Å²) in [5, 5.41) is 7.04. The second-order valence-corrected chi connectivity index (χ2v) is 6.34. The maximum absolute atomic E-state index is 3.59. The molecule has 100 valence electrons. The number of likely N-dealkylation sites (N-methyl/N-ethyl adjacent to an activating group) is 1. The SMILES string of the molecule is CNC(c1ccc(C(C)(C)C)cc1)C1CCCN1. The van der Waals surface area contributed by atoms with Crippen LogP contribution in [0.4, 0.5) is 0 Å². The Labute approximate surface area is 111 Å². The zero-order chi connectivity index (χ0) is 13.2. The first-order valence-corrected chi connectivity index (χ1v) is 7.03. The van der Waals surface area contributed by atoms with Gasteiger partial charge in [-0.3, -0.25) is 0 Å². The van der Waals surface area contributed by atoms with Gasteiger partial charge in [-0.25, -0.2) is 0 Å². The van der Waals surface area contributed by atoms with Gasteiger partial charge in [0.2, 0.25) is 0 Å². The van der Waals surface area contributed by atoms with Crippen LogP contribution in [0.2, 0.25) is 0 Å². The lowest BCUT2D eigenvalue weighted by Gasteiger charge is -2.25. The zero-order valence-corrected chi connectivity index (χ0v) is 12.1. The van der Waals surface area contributed by atoms with Crippen LogP contribution in [0, 0.1) is 0 Å². The fourth-order valence-electron chi connectivity index (χ4n) is 2.79. The molecule has 0 aromatic heterocycles. The molecule has 2 unspecified atom stereocenters. The number of nitrogens with one attached hydrogen (secondary N) is 2. The van der Waals surface area contributed by atoms with E-state index < -0.39 is 0 Å². The number of hydrogen-bond acceptors (Lipinski definition) is 2. The van der Waals surface area contributed by atoms with Gasteiger partial charge in [0, 0.05) is 12.1 Å². The fraction of sp³-hybridized carbons (Fsp3) is 0.625. The van der Waals surface area contributed by atoms with Crippen molar-refractivity contribution in [1.82, 2.24) is 10.6 Å². The Morgan fingerprint density at radius 1 is 1.22 bits per heavy atom. The topological polar surface area (TPSA) is 24.1 Å². The summed E-state index contributed by atoms with van der Waals surface area (Å²) in [6.07, 6.45) is 2.56. The lowest BCUT2D eigenvalue weighted by Crippen LogP contribution is -2.36. The summed E-state index contributed by atoms with van der Waals surface area (Å²) < 4.78 is 0. The van der Waals surface area contributed by atoms with Crippen LogP contribution in [-0.2, 0) is 5.41 Å². The van der Waals surface area contributed by atoms with Gasteiger partial charge in [0.05, 0.1) is 0 Å². The first kappa shape index (κ1) is 13.6. The molecular weight excluding hydrogens is 220 g/mol. The zero-order valence-electron chi connectivity index (χ0n) is 12.1.